The minimum atomic E-state index is -4.35. The highest BCUT2D eigenvalue weighted by Crippen LogP contribution is 2.35. The van der Waals surface area contributed by atoms with Gasteiger partial charge in [0, 0.05) is 10.9 Å². The lowest BCUT2D eigenvalue weighted by Crippen LogP contribution is -2.17. The van der Waals surface area contributed by atoms with Crippen molar-refractivity contribution in [1.82, 2.24) is 0 Å². The van der Waals surface area contributed by atoms with Gasteiger partial charge in [-0.1, -0.05) is 24.3 Å². The summed E-state index contributed by atoms with van der Waals surface area (Å²) in [5.41, 5.74) is 5.50. The smallest absolute Gasteiger partial charge is 0.324 e. The van der Waals surface area contributed by atoms with E-state index >= 15 is 0 Å². The molecule has 2 N–H and O–H groups in total. The molecule has 2 aromatic rings. The van der Waals surface area contributed by atoms with Crippen molar-refractivity contribution in [2.45, 2.75) is 31.5 Å². The molecular formula is C15H16F3NS. The first-order valence-corrected chi connectivity index (χ1v) is 7.30. The van der Waals surface area contributed by atoms with Crippen molar-refractivity contribution in [2.24, 2.45) is 5.73 Å². The van der Waals surface area contributed by atoms with Crippen LogP contribution in [0.25, 0.3) is 0 Å². The fraction of sp³-hybridized carbons (Fsp3) is 0.333. The lowest BCUT2D eigenvalue weighted by Gasteiger charge is -2.18. The van der Waals surface area contributed by atoms with E-state index in [0.29, 0.717) is 6.42 Å². The van der Waals surface area contributed by atoms with Gasteiger partial charge in [0.05, 0.1) is 5.56 Å². The van der Waals surface area contributed by atoms with Gasteiger partial charge in [-0.25, -0.2) is 0 Å². The second-order valence-electron chi connectivity index (χ2n) is 4.66. The molecular weight excluding hydrogens is 283 g/mol. The molecule has 0 saturated carbocycles. The van der Waals surface area contributed by atoms with Crippen molar-refractivity contribution in [3.63, 3.8) is 0 Å². The van der Waals surface area contributed by atoms with Crippen molar-refractivity contribution < 1.29 is 13.2 Å². The zero-order valence-electron chi connectivity index (χ0n) is 10.9. The number of nitrogens with two attached hydrogens (primary N) is 1. The Morgan fingerprint density at radius 1 is 1.10 bits per heavy atom. The van der Waals surface area contributed by atoms with E-state index in [1.807, 2.05) is 17.5 Å². The summed E-state index contributed by atoms with van der Waals surface area (Å²) < 4.78 is 38.7. The highest BCUT2D eigenvalue weighted by atomic mass is 32.1. The third kappa shape index (κ3) is 3.84. The molecule has 1 aromatic heterocycles. The van der Waals surface area contributed by atoms with E-state index in [2.05, 4.69) is 0 Å². The minimum absolute atomic E-state index is 0.186. The molecule has 1 atom stereocenters. The molecule has 1 nitrogen and oxygen atoms in total. The second-order valence-corrected chi connectivity index (χ2v) is 5.70. The maximum atomic E-state index is 12.9. The summed E-state index contributed by atoms with van der Waals surface area (Å²) in [5.74, 6) is 0. The fourth-order valence-electron chi connectivity index (χ4n) is 2.19. The summed E-state index contributed by atoms with van der Waals surface area (Å²) in [6.45, 7) is 0. The van der Waals surface area contributed by atoms with E-state index in [-0.39, 0.29) is 5.56 Å². The minimum Gasteiger partial charge on any atom is -0.324 e. The number of halogens is 3. The molecule has 0 saturated heterocycles. The average molecular weight is 299 g/mol. The summed E-state index contributed by atoms with van der Waals surface area (Å²) in [4.78, 5) is 1.24. The highest BCUT2D eigenvalue weighted by molar-refractivity contribution is 7.09. The number of thiophene rings is 1. The van der Waals surface area contributed by atoms with Gasteiger partial charge in [-0.3, -0.25) is 0 Å². The second kappa shape index (κ2) is 6.41. The SMILES string of the molecule is NC(CCCc1cccs1)c1ccccc1C(F)(F)F. The van der Waals surface area contributed by atoms with Crippen LogP contribution >= 0.6 is 11.3 Å². The van der Waals surface area contributed by atoms with Gasteiger partial charge in [0.15, 0.2) is 0 Å². The molecule has 20 heavy (non-hydrogen) atoms. The Hall–Kier alpha value is -1.33. The third-order valence-corrected chi connectivity index (χ3v) is 4.12. The van der Waals surface area contributed by atoms with Crippen LogP contribution in [0.1, 0.15) is 34.9 Å². The lowest BCUT2D eigenvalue weighted by molar-refractivity contribution is -0.138. The van der Waals surface area contributed by atoms with Crippen LogP contribution in [0.15, 0.2) is 41.8 Å². The Labute approximate surface area is 120 Å². The largest absolute Gasteiger partial charge is 0.416 e. The Kier molecular flexibility index (Phi) is 4.83. The van der Waals surface area contributed by atoms with E-state index in [4.69, 9.17) is 5.73 Å². The maximum Gasteiger partial charge on any atom is 0.416 e. The molecule has 0 spiro atoms. The first-order valence-electron chi connectivity index (χ1n) is 6.42. The van der Waals surface area contributed by atoms with E-state index in [9.17, 15) is 13.2 Å². The summed E-state index contributed by atoms with van der Waals surface area (Å²) in [6, 6.07) is 8.98. The molecule has 0 radical (unpaired) electrons. The van der Waals surface area contributed by atoms with Gasteiger partial charge in [-0.15, -0.1) is 11.3 Å². The van der Waals surface area contributed by atoms with Crippen LogP contribution in [-0.4, -0.2) is 0 Å². The molecule has 0 bridgehead atoms. The molecule has 0 amide bonds. The van der Waals surface area contributed by atoms with Gasteiger partial charge in [0.1, 0.15) is 0 Å². The summed E-state index contributed by atoms with van der Waals surface area (Å²) in [6.07, 6.45) is -2.15. The quantitative estimate of drug-likeness (QED) is 0.844. The third-order valence-electron chi connectivity index (χ3n) is 3.18. The monoisotopic (exact) mass is 299 g/mol. The van der Waals surface area contributed by atoms with E-state index in [1.165, 1.54) is 17.0 Å². The topological polar surface area (TPSA) is 26.0 Å². The molecule has 0 aliphatic carbocycles. The fourth-order valence-corrected chi connectivity index (χ4v) is 2.94. The first kappa shape index (κ1) is 15.1. The standard InChI is InChI=1S/C15H16F3NS/c16-15(17,18)13-8-2-1-7-12(13)14(19)9-3-5-11-6-4-10-20-11/h1-2,4,6-8,10,14H,3,5,9,19H2. The van der Waals surface area contributed by atoms with E-state index in [0.717, 1.165) is 18.9 Å². The van der Waals surface area contributed by atoms with Crippen LogP contribution in [-0.2, 0) is 12.6 Å². The molecule has 0 fully saturated rings. The molecule has 108 valence electrons. The van der Waals surface area contributed by atoms with Crippen LogP contribution in [0.2, 0.25) is 0 Å². The van der Waals surface area contributed by atoms with Crippen LogP contribution in [0, 0.1) is 0 Å². The van der Waals surface area contributed by atoms with Crippen LogP contribution < -0.4 is 5.73 Å². The molecule has 5 heteroatoms. The maximum absolute atomic E-state index is 12.9. The Bertz CT molecular complexity index is 534. The Balaban J connectivity index is 2.00. The van der Waals surface area contributed by atoms with Gasteiger partial charge in [-0.05, 0) is 42.3 Å². The first-order chi connectivity index (χ1) is 9.48. The van der Waals surface area contributed by atoms with Crippen molar-refractivity contribution in [2.75, 3.05) is 0 Å². The number of benzene rings is 1. The zero-order valence-corrected chi connectivity index (χ0v) is 11.7. The van der Waals surface area contributed by atoms with Gasteiger partial charge in [-0.2, -0.15) is 13.2 Å². The van der Waals surface area contributed by atoms with E-state index < -0.39 is 17.8 Å². The molecule has 1 heterocycles. The van der Waals surface area contributed by atoms with Gasteiger partial charge < -0.3 is 5.73 Å². The van der Waals surface area contributed by atoms with Crippen molar-refractivity contribution in [1.29, 1.82) is 0 Å². The van der Waals surface area contributed by atoms with Crippen molar-refractivity contribution in [3.05, 3.63) is 57.8 Å². The predicted octanol–water partition coefficient (Wildman–Crippen LogP) is 4.79. The van der Waals surface area contributed by atoms with Crippen molar-refractivity contribution >= 4 is 11.3 Å². The Morgan fingerprint density at radius 2 is 1.85 bits per heavy atom. The number of hydrogen-bond acceptors (Lipinski definition) is 2. The normalized spacial score (nSPS) is 13.4. The van der Waals surface area contributed by atoms with Crippen LogP contribution in [0.4, 0.5) is 13.2 Å². The predicted molar refractivity (Wildman–Crippen MR) is 75.6 cm³/mol. The van der Waals surface area contributed by atoms with Gasteiger partial charge in [0.2, 0.25) is 0 Å². The highest BCUT2D eigenvalue weighted by Gasteiger charge is 2.34. The molecule has 1 aromatic carbocycles. The lowest BCUT2D eigenvalue weighted by atomic mass is 9.96. The summed E-state index contributed by atoms with van der Waals surface area (Å²) in [5, 5.41) is 1.99. The summed E-state index contributed by atoms with van der Waals surface area (Å²) >= 11 is 1.66. The van der Waals surface area contributed by atoms with E-state index in [1.54, 1.807) is 17.4 Å². The molecule has 0 aliphatic rings. The van der Waals surface area contributed by atoms with Crippen molar-refractivity contribution in [3.8, 4) is 0 Å². The molecule has 1 unspecified atom stereocenters. The molecule has 0 aliphatic heterocycles. The number of aryl methyl sites for hydroxylation is 1. The number of rotatable bonds is 5. The van der Waals surface area contributed by atoms with Gasteiger partial charge >= 0.3 is 6.18 Å². The van der Waals surface area contributed by atoms with Crippen LogP contribution in [0.3, 0.4) is 0 Å². The Morgan fingerprint density at radius 3 is 2.50 bits per heavy atom. The number of hydrogen-bond donors (Lipinski definition) is 1. The van der Waals surface area contributed by atoms with Crippen LogP contribution in [0.5, 0.6) is 0 Å². The zero-order chi connectivity index (χ0) is 14.6. The average Bonchev–Trinajstić information content (AvgIpc) is 2.91. The summed E-state index contributed by atoms with van der Waals surface area (Å²) in [7, 11) is 0. The number of alkyl halides is 3. The molecule has 2 rings (SSSR count). The van der Waals surface area contributed by atoms with Gasteiger partial charge in [0.25, 0.3) is 0 Å².